The summed E-state index contributed by atoms with van der Waals surface area (Å²) in [4.78, 5) is 5.66. The maximum absolute atomic E-state index is 14.7. The number of halogens is 1. The van der Waals surface area contributed by atoms with E-state index in [4.69, 9.17) is 11.3 Å². The van der Waals surface area contributed by atoms with E-state index in [0.717, 1.165) is 25.9 Å². The van der Waals surface area contributed by atoms with Crippen molar-refractivity contribution in [1.82, 2.24) is 4.90 Å². The highest BCUT2D eigenvalue weighted by atomic mass is 19.1. The van der Waals surface area contributed by atoms with Crippen LogP contribution in [0.3, 0.4) is 0 Å². The minimum absolute atomic E-state index is 0.0271. The summed E-state index contributed by atoms with van der Waals surface area (Å²) in [5, 5.41) is 11.9. The Bertz CT molecular complexity index is 702. The molecule has 5 heteroatoms. The van der Waals surface area contributed by atoms with Crippen LogP contribution in [0.25, 0.3) is 4.85 Å². The second kappa shape index (κ2) is 5.72. The summed E-state index contributed by atoms with van der Waals surface area (Å²) < 4.78 is 20.1. The van der Waals surface area contributed by atoms with Gasteiger partial charge in [0.25, 0.3) is 0 Å². The molecule has 0 spiro atoms. The Hall–Kier alpha value is -1.64. The Labute approximate surface area is 143 Å². The number of rotatable bonds is 2. The number of piperidine rings is 1. The average molecular weight is 332 g/mol. The van der Waals surface area contributed by atoms with Crippen LogP contribution in [0.15, 0.2) is 6.07 Å². The zero-order chi connectivity index (χ0) is 17.7. The van der Waals surface area contributed by atoms with E-state index in [9.17, 15) is 9.50 Å². The van der Waals surface area contributed by atoms with Crippen LogP contribution in [0.2, 0.25) is 0 Å². The van der Waals surface area contributed by atoms with Crippen molar-refractivity contribution in [2.75, 3.05) is 27.2 Å². The maximum Gasteiger partial charge on any atom is 0.231 e. The van der Waals surface area contributed by atoms with Crippen LogP contribution in [0.1, 0.15) is 37.8 Å². The molecule has 0 bridgehead atoms. The van der Waals surface area contributed by atoms with E-state index in [-0.39, 0.29) is 11.6 Å². The molecule has 130 valence electrons. The summed E-state index contributed by atoms with van der Waals surface area (Å²) >= 11 is 0. The SMILES string of the molecule is [C-]#[N+]c1cc(F)c2c(c1OC)C(O)(C1CCN(C)CC1)C(C)(C)C2. The van der Waals surface area contributed by atoms with Crippen molar-refractivity contribution in [2.24, 2.45) is 11.3 Å². The zero-order valence-electron chi connectivity index (χ0n) is 14.8. The van der Waals surface area contributed by atoms with E-state index in [2.05, 4.69) is 16.8 Å². The lowest BCUT2D eigenvalue weighted by molar-refractivity contribution is -0.122. The van der Waals surface area contributed by atoms with E-state index in [0.29, 0.717) is 23.3 Å². The minimum Gasteiger partial charge on any atom is -0.507 e. The molecule has 2 aliphatic rings. The largest absolute Gasteiger partial charge is 0.507 e. The van der Waals surface area contributed by atoms with E-state index < -0.39 is 16.8 Å². The van der Waals surface area contributed by atoms with Crippen molar-refractivity contribution < 1.29 is 14.2 Å². The van der Waals surface area contributed by atoms with Gasteiger partial charge in [-0.05, 0) is 56.9 Å². The number of hydrogen-bond acceptors (Lipinski definition) is 3. The van der Waals surface area contributed by atoms with Crippen LogP contribution >= 0.6 is 0 Å². The molecular formula is C19H25FN2O2. The Kier molecular flexibility index (Phi) is 4.09. The third-order valence-corrected chi connectivity index (χ3v) is 5.98. The normalized spacial score (nSPS) is 26.9. The fraction of sp³-hybridized carbons (Fsp3) is 0.632. The third kappa shape index (κ3) is 2.24. The first-order valence-corrected chi connectivity index (χ1v) is 8.44. The van der Waals surface area contributed by atoms with Crippen LogP contribution in [-0.4, -0.2) is 37.3 Å². The Morgan fingerprint density at radius 2 is 2.00 bits per heavy atom. The second-order valence-corrected chi connectivity index (χ2v) is 7.78. The second-order valence-electron chi connectivity index (χ2n) is 7.78. The molecular weight excluding hydrogens is 307 g/mol. The number of fused-ring (bicyclic) bond motifs is 1. The molecule has 3 rings (SSSR count). The summed E-state index contributed by atoms with van der Waals surface area (Å²) in [6.45, 7) is 13.1. The number of methoxy groups -OCH3 is 1. The molecule has 0 radical (unpaired) electrons. The fourth-order valence-electron chi connectivity index (χ4n) is 4.62. The standard InChI is InChI=1S/C19H25FN2O2/c1-18(2)11-13-14(20)10-15(21-3)17(24-5)16(13)19(18,23)12-6-8-22(4)9-7-12/h10,12,23H,6-9,11H2,1-2,4-5H3. The van der Waals surface area contributed by atoms with Gasteiger partial charge in [-0.1, -0.05) is 13.8 Å². The minimum atomic E-state index is -1.18. The van der Waals surface area contributed by atoms with Crippen molar-refractivity contribution in [1.29, 1.82) is 0 Å². The molecule has 4 nitrogen and oxygen atoms in total. The molecule has 1 saturated heterocycles. The molecule has 1 N–H and O–H groups in total. The van der Waals surface area contributed by atoms with Crippen molar-refractivity contribution in [3.05, 3.63) is 34.4 Å². The predicted octanol–water partition coefficient (Wildman–Crippen LogP) is 3.50. The monoisotopic (exact) mass is 332 g/mol. The average Bonchev–Trinajstić information content (AvgIpc) is 2.76. The predicted molar refractivity (Wildman–Crippen MR) is 90.8 cm³/mol. The van der Waals surface area contributed by atoms with Crippen molar-refractivity contribution in [2.45, 2.75) is 38.7 Å². The van der Waals surface area contributed by atoms with Crippen molar-refractivity contribution >= 4 is 5.69 Å². The smallest absolute Gasteiger partial charge is 0.231 e. The van der Waals surface area contributed by atoms with Crippen LogP contribution in [0, 0.1) is 23.7 Å². The summed E-state index contributed by atoms with van der Waals surface area (Å²) in [7, 11) is 3.56. The van der Waals surface area contributed by atoms with Gasteiger partial charge in [0.15, 0.2) is 0 Å². The summed E-state index contributed by atoms with van der Waals surface area (Å²) in [5.74, 6) is -0.0404. The van der Waals surface area contributed by atoms with Gasteiger partial charge in [-0.2, -0.15) is 0 Å². The Morgan fingerprint density at radius 1 is 1.38 bits per heavy atom. The number of likely N-dealkylation sites (tertiary alicyclic amines) is 1. The van der Waals surface area contributed by atoms with Gasteiger partial charge in [0.1, 0.15) is 17.2 Å². The quantitative estimate of drug-likeness (QED) is 0.842. The number of hydrogen-bond donors (Lipinski definition) is 1. The van der Waals surface area contributed by atoms with Gasteiger partial charge in [-0.25, -0.2) is 9.24 Å². The van der Waals surface area contributed by atoms with Crippen LogP contribution in [-0.2, 0) is 12.0 Å². The lowest BCUT2D eigenvalue weighted by Crippen LogP contribution is -2.49. The van der Waals surface area contributed by atoms with Gasteiger partial charge >= 0.3 is 0 Å². The van der Waals surface area contributed by atoms with Gasteiger partial charge < -0.3 is 14.7 Å². The molecule has 1 fully saturated rings. The summed E-state index contributed by atoms with van der Waals surface area (Å²) in [5.41, 5.74) is -0.541. The van der Waals surface area contributed by atoms with Gasteiger partial charge in [0.05, 0.1) is 13.7 Å². The van der Waals surface area contributed by atoms with Crippen LogP contribution in [0.4, 0.5) is 10.1 Å². The number of benzene rings is 1. The highest BCUT2D eigenvalue weighted by molar-refractivity contribution is 5.67. The van der Waals surface area contributed by atoms with E-state index in [1.165, 1.54) is 13.2 Å². The molecule has 0 amide bonds. The zero-order valence-corrected chi connectivity index (χ0v) is 14.8. The third-order valence-electron chi connectivity index (χ3n) is 5.98. The van der Waals surface area contributed by atoms with E-state index in [1.54, 1.807) is 0 Å². The van der Waals surface area contributed by atoms with Gasteiger partial charge in [0.2, 0.25) is 5.69 Å². The molecule has 24 heavy (non-hydrogen) atoms. The first-order valence-electron chi connectivity index (χ1n) is 8.44. The van der Waals surface area contributed by atoms with Gasteiger partial charge in [-0.3, -0.25) is 0 Å². The van der Waals surface area contributed by atoms with Crippen molar-refractivity contribution in [3.63, 3.8) is 0 Å². The lowest BCUT2D eigenvalue weighted by Gasteiger charge is -2.47. The Balaban J connectivity index is 2.22. The summed E-state index contributed by atoms with van der Waals surface area (Å²) in [6, 6.07) is 1.24. The fourth-order valence-corrected chi connectivity index (χ4v) is 4.62. The molecule has 1 atom stereocenters. The molecule has 0 aromatic heterocycles. The summed E-state index contributed by atoms with van der Waals surface area (Å²) in [6.07, 6.45) is 2.15. The highest BCUT2D eigenvalue weighted by Crippen LogP contribution is 2.60. The van der Waals surface area contributed by atoms with Crippen molar-refractivity contribution in [3.8, 4) is 5.75 Å². The van der Waals surface area contributed by atoms with Gasteiger partial charge in [0, 0.05) is 11.0 Å². The Morgan fingerprint density at radius 3 is 2.54 bits per heavy atom. The van der Waals surface area contributed by atoms with Crippen LogP contribution in [0.5, 0.6) is 5.75 Å². The number of nitrogens with zero attached hydrogens (tertiary/aromatic N) is 2. The first kappa shape index (κ1) is 17.2. The molecule has 1 heterocycles. The van der Waals surface area contributed by atoms with Gasteiger partial charge in [-0.15, -0.1) is 0 Å². The van der Waals surface area contributed by atoms with Crippen LogP contribution < -0.4 is 4.74 Å². The molecule has 0 saturated carbocycles. The lowest BCUT2D eigenvalue weighted by atomic mass is 9.65. The molecule has 1 aliphatic carbocycles. The molecule has 1 aliphatic heterocycles. The molecule has 1 unspecified atom stereocenters. The number of ether oxygens (including phenoxy) is 1. The van der Waals surface area contributed by atoms with E-state index in [1.807, 2.05) is 13.8 Å². The molecule has 1 aromatic carbocycles. The molecule has 1 aromatic rings. The maximum atomic E-state index is 14.7. The topological polar surface area (TPSA) is 37.1 Å². The highest BCUT2D eigenvalue weighted by Gasteiger charge is 2.58. The van der Waals surface area contributed by atoms with E-state index >= 15 is 0 Å². The number of aliphatic hydroxyl groups is 1. The first-order chi connectivity index (χ1) is 11.3.